The molecule has 0 fully saturated rings. The highest BCUT2D eigenvalue weighted by molar-refractivity contribution is 9.11. The van der Waals surface area contributed by atoms with Gasteiger partial charge < -0.3 is 0 Å². The number of hydrogen-bond donors (Lipinski definition) is 0. The van der Waals surface area contributed by atoms with Gasteiger partial charge in [-0.1, -0.05) is 12.1 Å². The van der Waals surface area contributed by atoms with Crippen molar-refractivity contribution in [2.24, 2.45) is 0 Å². The van der Waals surface area contributed by atoms with Gasteiger partial charge in [-0.15, -0.1) is 11.3 Å². The van der Waals surface area contributed by atoms with Crippen LogP contribution >= 0.6 is 27.3 Å². The van der Waals surface area contributed by atoms with Crippen LogP contribution in [-0.2, 0) is 0 Å². The molecule has 2 heterocycles. The van der Waals surface area contributed by atoms with Gasteiger partial charge in [-0.2, -0.15) is 5.26 Å². The molecule has 92 valence electrons. The molecule has 1 aliphatic rings. The molecule has 6 heteroatoms. The summed E-state index contributed by atoms with van der Waals surface area (Å²) in [6.45, 7) is 0. The SMILES string of the molecule is N#Cc1cc(Br)sc1N1C(=O)c2ccccc2C1=O. The van der Waals surface area contributed by atoms with Crippen molar-refractivity contribution < 1.29 is 9.59 Å². The number of nitrogens with zero attached hydrogens (tertiary/aromatic N) is 2. The van der Waals surface area contributed by atoms with E-state index in [1.165, 1.54) is 11.3 Å². The summed E-state index contributed by atoms with van der Waals surface area (Å²) in [6.07, 6.45) is 0. The number of halogens is 1. The Labute approximate surface area is 121 Å². The summed E-state index contributed by atoms with van der Waals surface area (Å²) in [5, 5.41) is 9.43. The third-order valence-corrected chi connectivity index (χ3v) is 4.42. The summed E-state index contributed by atoms with van der Waals surface area (Å²) >= 11 is 4.46. The Morgan fingerprint density at radius 3 is 2.26 bits per heavy atom. The van der Waals surface area contributed by atoms with Crippen molar-refractivity contribution in [3.63, 3.8) is 0 Å². The topological polar surface area (TPSA) is 61.2 Å². The highest BCUT2D eigenvalue weighted by Crippen LogP contribution is 2.38. The number of amides is 2. The number of carbonyl (C=O) groups is 2. The van der Waals surface area contributed by atoms with Crippen LogP contribution in [0, 0.1) is 11.3 Å². The fourth-order valence-corrected chi connectivity index (χ4v) is 3.49. The van der Waals surface area contributed by atoms with E-state index in [9.17, 15) is 9.59 Å². The minimum atomic E-state index is -0.383. The lowest BCUT2D eigenvalue weighted by Gasteiger charge is -2.11. The highest BCUT2D eigenvalue weighted by atomic mass is 79.9. The van der Waals surface area contributed by atoms with Crippen LogP contribution < -0.4 is 4.90 Å². The van der Waals surface area contributed by atoms with E-state index < -0.39 is 0 Å². The molecule has 0 saturated carbocycles. The summed E-state index contributed by atoms with van der Waals surface area (Å²) in [7, 11) is 0. The lowest BCUT2D eigenvalue weighted by molar-refractivity contribution is 0.0927. The van der Waals surface area contributed by atoms with E-state index in [-0.39, 0.29) is 11.8 Å². The molecule has 0 radical (unpaired) electrons. The first kappa shape index (κ1) is 12.1. The first-order valence-electron chi connectivity index (χ1n) is 5.30. The molecule has 0 spiro atoms. The standard InChI is InChI=1S/C13H5BrN2O2S/c14-10-5-7(6-15)13(19-10)16-11(17)8-3-1-2-4-9(8)12(16)18/h1-5H. The fourth-order valence-electron chi connectivity index (χ4n) is 1.97. The van der Waals surface area contributed by atoms with Crippen molar-refractivity contribution in [3.8, 4) is 6.07 Å². The first-order valence-corrected chi connectivity index (χ1v) is 6.91. The second-order valence-corrected chi connectivity index (χ2v) is 6.28. The predicted octanol–water partition coefficient (Wildman–Crippen LogP) is 3.18. The largest absolute Gasteiger partial charge is 0.268 e. The Morgan fingerprint density at radius 1 is 1.16 bits per heavy atom. The maximum absolute atomic E-state index is 12.3. The van der Waals surface area contributed by atoms with Crippen molar-refractivity contribution >= 4 is 44.1 Å². The van der Waals surface area contributed by atoms with Gasteiger partial charge in [0.15, 0.2) is 0 Å². The highest BCUT2D eigenvalue weighted by Gasteiger charge is 2.38. The molecule has 4 nitrogen and oxygen atoms in total. The van der Waals surface area contributed by atoms with Gasteiger partial charge >= 0.3 is 0 Å². The second kappa shape index (κ2) is 4.30. The van der Waals surface area contributed by atoms with Crippen LogP contribution in [0.25, 0.3) is 0 Å². The summed E-state index contributed by atoms with van der Waals surface area (Å²) in [5.41, 5.74) is 1.06. The molecular formula is C13H5BrN2O2S. The van der Waals surface area contributed by atoms with Gasteiger partial charge in [-0.25, -0.2) is 4.90 Å². The molecule has 0 saturated heterocycles. The lowest BCUT2D eigenvalue weighted by Crippen LogP contribution is -2.29. The van der Waals surface area contributed by atoms with E-state index in [1.807, 2.05) is 6.07 Å². The van der Waals surface area contributed by atoms with E-state index in [4.69, 9.17) is 5.26 Å². The molecule has 3 rings (SSSR count). The van der Waals surface area contributed by atoms with Crippen molar-refractivity contribution in [1.29, 1.82) is 5.26 Å². The number of hydrogen-bond acceptors (Lipinski definition) is 4. The number of imide groups is 1. The molecule has 0 unspecified atom stereocenters. The quantitative estimate of drug-likeness (QED) is 0.753. The maximum atomic E-state index is 12.3. The van der Waals surface area contributed by atoms with Gasteiger partial charge in [-0.3, -0.25) is 9.59 Å². The van der Waals surface area contributed by atoms with Gasteiger partial charge in [0.2, 0.25) is 0 Å². The Balaban J connectivity index is 2.17. The number of rotatable bonds is 1. The smallest absolute Gasteiger partial charge is 0.266 e. The average Bonchev–Trinajstić information content (AvgIpc) is 2.90. The van der Waals surface area contributed by atoms with Crippen LogP contribution in [0.5, 0.6) is 0 Å². The Bertz CT molecular complexity index is 725. The molecule has 1 aromatic heterocycles. The molecule has 0 atom stereocenters. The van der Waals surface area contributed by atoms with Crippen LogP contribution in [0.4, 0.5) is 5.00 Å². The molecule has 0 aliphatic carbocycles. The monoisotopic (exact) mass is 332 g/mol. The van der Waals surface area contributed by atoms with Crippen molar-refractivity contribution in [1.82, 2.24) is 0 Å². The van der Waals surface area contributed by atoms with Gasteiger partial charge in [0.25, 0.3) is 11.8 Å². The number of carbonyl (C=O) groups excluding carboxylic acids is 2. The van der Waals surface area contributed by atoms with Crippen LogP contribution in [0.3, 0.4) is 0 Å². The van der Waals surface area contributed by atoms with E-state index in [1.54, 1.807) is 30.3 Å². The van der Waals surface area contributed by atoms with Crippen molar-refractivity contribution in [2.45, 2.75) is 0 Å². The molecule has 1 aliphatic heterocycles. The molecule has 0 N–H and O–H groups in total. The summed E-state index contributed by atoms with van der Waals surface area (Å²) in [6, 6.07) is 10.2. The van der Waals surface area contributed by atoms with Gasteiger partial charge in [0.05, 0.1) is 20.5 Å². The van der Waals surface area contributed by atoms with Crippen LogP contribution in [-0.4, -0.2) is 11.8 Å². The third-order valence-electron chi connectivity index (χ3n) is 2.80. The van der Waals surface area contributed by atoms with Crippen molar-refractivity contribution in [3.05, 3.63) is 50.8 Å². The molecule has 0 bridgehead atoms. The number of nitriles is 1. The maximum Gasteiger partial charge on any atom is 0.266 e. The predicted molar refractivity (Wildman–Crippen MR) is 74.3 cm³/mol. The van der Waals surface area contributed by atoms with Crippen LogP contribution in [0.2, 0.25) is 0 Å². The lowest BCUT2D eigenvalue weighted by atomic mass is 10.1. The average molecular weight is 333 g/mol. The van der Waals surface area contributed by atoms with E-state index in [0.717, 1.165) is 4.90 Å². The Morgan fingerprint density at radius 2 is 1.74 bits per heavy atom. The molecular weight excluding hydrogens is 328 g/mol. The molecule has 2 amide bonds. The minimum Gasteiger partial charge on any atom is -0.268 e. The summed E-state index contributed by atoms with van der Waals surface area (Å²) < 4.78 is 0.704. The number of thiophene rings is 1. The van der Waals surface area contributed by atoms with E-state index in [0.29, 0.717) is 25.5 Å². The zero-order chi connectivity index (χ0) is 13.6. The molecule has 1 aromatic carbocycles. The number of benzene rings is 1. The zero-order valence-electron chi connectivity index (χ0n) is 9.38. The third kappa shape index (κ3) is 1.70. The summed E-state index contributed by atoms with van der Waals surface area (Å²) in [5.74, 6) is -0.766. The molecule has 2 aromatic rings. The van der Waals surface area contributed by atoms with Gasteiger partial charge in [0.1, 0.15) is 11.1 Å². The van der Waals surface area contributed by atoms with E-state index >= 15 is 0 Å². The number of fused-ring (bicyclic) bond motifs is 1. The minimum absolute atomic E-state index is 0.311. The molecule has 19 heavy (non-hydrogen) atoms. The first-order chi connectivity index (χ1) is 9.13. The van der Waals surface area contributed by atoms with Crippen LogP contribution in [0.15, 0.2) is 34.1 Å². The summed E-state index contributed by atoms with van der Waals surface area (Å²) in [4.78, 5) is 25.6. The Kier molecular flexibility index (Phi) is 2.73. The van der Waals surface area contributed by atoms with Gasteiger partial charge in [-0.05, 0) is 34.1 Å². The van der Waals surface area contributed by atoms with E-state index in [2.05, 4.69) is 15.9 Å². The normalized spacial score (nSPS) is 13.6. The second-order valence-electron chi connectivity index (χ2n) is 3.87. The fraction of sp³-hybridized carbons (Fsp3) is 0. The van der Waals surface area contributed by atoms with Crippen LogP contribution in [0.1, 0.15) is 26.3 Å². The van der Waals surface area contributed by atoms with Crippen molar-refractivity contribution in [2.75, 3.05) is 4.90 Å². The Hall–Kier alpha value is -1.97. The number of anilines is 1. The van der Waals surface area contributed by atoms with Gasteiger partial charge in [0, 0.05) is 0 Å². The zero-order valence-corrected chi connectivity index (χ0v) is 11.8.